The van der Waals surface area contributed by atoms with Crippen LogP contribution in [0.15, 0.2) is 50.5 Å². The normalized spacial score (nSPS) is 11.3. The Morgan fingerprint density at radius 2 is 1.74 bits per heavy atom. The summed E-state index contributed by atoms with van der Waals surface area (Å²) in [7, 11) is -3.84. The highest BCUT2D eigenvalue weighted by Crippen LogP contribution is 2.32. The predicted octanol–water partition coefficient (Wildman–Crippen LogP) is 2.99. The van der Waals surface area contributed by atoms with Crippen molar-refractivity contribution in [2.75, 3.05) is 10.5 Å². The van der Waals surface area contributed by atoms with Gasteiger partial charge in [0.25, 0.3) is 10.0 Å². The van der Waals surface area contributed by atoms with Crippen LogP contribution in [-0.2, 0) is 10.0 Å². The Balaban J connectivity index is 2.46. The Morgan fingerprint density at radius 1 is 1.11 bits per heavy atom. The lowest BCUT2D eigenvalue weighted by atomic mass is 10.3. The molecule has 0 saturated heterocycles. The third kappa shape index (κ3) is 3.07. The fourth-order valence-electron chi connectivity index (χ4n) is 1.41. The van der Waals surface area contributed by atoms with Gasteiger partial charge in [0, 0.05) is 15.1 Å². The van der Waals surface area contributed by atoms with Crippen LogP contribution in [0.4, 0.5) is 11.4 Å². The van der Waals surface area contributed by atoms with Crippen molar-refractivity contribution in [3.8, 4) is 0 Å². The molecule has 1 heterocycles. The number of nitrogens with one attached hydrogen (secondary N) is 1. The maximum atomic E-state index is 12.2. The first-order valence-electron chi connectivity index (χ1n) is 5.09. The van der Waals surface area contributed by atoms with Crippen molar-refractivity contribution in [1.82, 2.24) is 4.98 Å². The van der Waals surface area contributed by atoms with Crippen molar-refractivity contribution in [3.05, 3.63) is 45.5 Å². The fourth-order valence-corrected chi connectivity index (χ4v) is 4.03. The van der Waals surface area contributed by atoms with E-state index in [1.807, 2.05) is 0 Å². The molecule has 2 aromatic rings. The summed E-state index contributed by atoms with van der Waals surface area (Å²) in [6, 6.07) is 8.29. The third-order valence-corrected chi connectivity index (χ3v) is 4.90. The number of aromatic nitrogens is 1. The molecule has 1 aromatic heterocycles. The molecule has 100 valence electrons. The molecule has 0 fully saturated rings. The number of para-hydroxylation sites is 1. The zero-order chi connectivity index (χ0) is 14.0. The van der Waals surface area contributed by atoms with Gasteiger partial charge in [-0.1, -0.05) is 6.07 Å². The number of pyridine rings is 1. The van der Waals surface area contributed by atoms with Gasteiger partial charge in [0.1, 0.15) is 0 Å². The highest BCUT2D eigenvalue weighted by molar-refractivity contribution is 9.11. The van der Waals surface area contributed by atoms with Crippen molar-refractivity contribution < 1.29 is 8.42 Å². The molecular weight excluding hydrogens is 398 g/mol. The van der Waals surface area contributed by atoms with Crippen LogP contribution >= 0.6 is 31.9 Å². The molecule has 2 rings (SSSR count). The number of nitrogens with two attached hydrogens (primary N) is 1. The van der Waals surface area contributed by atoms with Crippen LogP contribution in [0.5, 0.6) is 0 Å². The zero-order valence-corrected chi connectivity index (χ0v) is 13.5. The lowest BCUT2D eigenvalue weighted by Gasteiger charge is -2.11. The van der Waals surface area contributed by atoms with E-state index in [4.69, 9.17) is 5.73 Å². The van der Waals surface area contributed by atoms with Gasteiger partial charge in [-0.3, -0.25) is 4.72 Å². The summed E-state index contributed by atoms with van der Waals surface area (Å²) in [5, 5.41) is -0.197. The Labute approximate surface area is 127 Å². The number of nitrogens with zero attached hydrogens (tertiary/aromatic N) is 1. The molecule has 0 aliphatic carbocycles. The van der Waals surface area contributed by atoms with E-state index in [0.29, 0.717) is 14.6 Å². The number of hydrogen-bond acceptors (Lipinski definition) is 4. The zero-order valence-electron chi connectivity index (χ0n) is 9.47. The van der Waals surface area contributed by atoms with Gasteiger partial charge in [0.15, 0.2) is 5.03 Å². The van der Waals surface area contributed by atoms with Crippen LogP contribution in [-0.4, -0.2) is 13.4 Å². The van der Waals surface area contributed by atoms with E-state index >= 15 is 0 Å². The molecule has 0 spiro atoms. The minimum atomic E-state index is -3.84. The Morgan fingerprint density at radius 3 is 2.32 bits per heavy atom. The van der Waals surface area contributed by atoms with Gasteiger partial charge in [-0.05, 0) is 56.1 Å². The van der Waals surface area contributed by atoms with E-state index in [-0.39, 0.29) is 10.7 Å². The minimum Gasteiger partial charge on any atom is -0.396 e. The number of benzene rings is 1. The van der Waals surface area contributed by atoms with E-state index < -0.39 is 10.0 Å². The standard InChI is InChI=1S/C11H9Br2N3O2S/c12-7-3-1-4-8(13)10(7)16-19(17,18)11-9(14)5-2-6-15-11/h1-6,16H,14H2. The van der Waals surface area contributed by atoms with E-state index in [1.54, 1.807) is 24.3 Å². The highest BCUT2D eigenvalue weighted by atomic mass is 79.9. The van der Waals surface area contributed by atoms with Gasteiger partial charge in [-0.2, -0.15) is 8.42 Å². The number of sulfonamides is 1. The molecule has 0 saturated carbocycles. The number of halogens is 2. The van der Waals surface area contributed by atoms with Gasteiger partial charge in [-0.15, -0.1) is 0 Å². The monoisotopic (exact) mass is 405 g/mol. The smallest absolute Gasteiger partial charge is 0.281 e. The highest BCUT2D eigenvalue weighted by Gasteiger charge is 2.21. The minimum absolute atomic E-state index is 0.0955. The topological polar surface area (TPSA) is 85.1 Å². The lowest BCUT2D eigenvalue weighted by molar-refractivity contribution is 0.598. The Bertz CT molecular complexity index is 699. The van der Waals surface area contributed by atoms with Crippen molar-refractivity contribution in [3.63, 3.8) is 0 Å². The molecule has 0 aliphatic heterocycles. The van der Waals surface area contributed by atoms with Crippen molar-refractivity contribution in [2.45, 2.75) is 5.03 Å². The first-order valence-corrected chi connectivity index (χ1v) is 8.16. The molecule has 0 atom stereocenters. The lowest BCUT2D eigenvalue weighted by Crippen LogP contribution is -2.16. The second-order valence-corrected chi connectivity index (χ2v) is 6.91. The van der Waals surface area contributed by atoms with Crippen LogP contribution in [0.25, 0.3) is 0 Å². The van der Waals surface area contributed by atoms with Gasteiger partial charge in [-0.25, -0.2) is 4.98 Å². The van der Waals surface area contributed by atoms with E-state index in [2.05, 4.69) is 41.6 Å². The van der Waals surface area contributed by atoms with Gasteiger partial charge >= 0.3 is 0 Å². The molecule has 0 aliphatic rings. The Kier molecular flexibility index (Phi) is 4.12. The maximum absolute atomic E-state index is 12.2. The fraction of sp³-hybridized carbons (Fsp3) is 0. The summed E-state index contributed by atoms with van der Waals surface area (Å²) < 4.78 is 28.1. The summed E-state index contributed by atoms with van der Waals surface area (Å²) >= 11 is 6.56. The summed E-state index contributed by atoms with van der Waals surface area (Å²) in [5.74, 6) is 0. The summed E-state index contributed by atoms with van der Waals surface area (Å²) in [6.45, 7) is 0. The molecule has 0 bridgehead atoms. The molecule has 8 heteroatoms. The average molecular weight is 407 g/mol. The van der Waals surface area contributed by atoms with Crippen LogP contribution in [0.3, 0.4) is 0 Å². The van der Waals surface area contributed by atoms with Gasteiger partial charge in [0.2, 0.25) is 0 Å². The third-order valence-electron chi connectivity index (χ3n) is 2.25. The first kappa shape index (κ1) is 14.3. The predicted molar refractivity (Wildman–Crippen MR) is 81.3 cm³/mol. The number of rotatable bonds is 3. The first-order chi connectivity index (χ1) is 8.92. The van der Waals surface area contributed by atoms with Crippen molar-refractivity contribution in [2.24, 2.45) is 0 Å². The molecule has 3 N–H and O–H groups in total. The van der Waals surface area contributed by atoms with E-state index in [1.165, 1.54) is 12.3 Å². The summed E-state index contributed by atoms with van der Waals surface area (Å²) in [6.07, 6.45) is 1.38. The van der Waals surface area contributed by atoms with Crippen LogP contribution < -0.4 is 10.5 Å². The van der Waals surface area contributed by atoms with Crippen molar-refractivity contribution in [1.29, 1.82) is 0 Å². The van der Waals surface area contributed by atoms with E-state index in [0.717, 1.165) is 0 Å². The van der Waals surface area contributed by atoms with Crippen LogP contribution in [0.2, 0.25) is 0 Å². The second kappa shape index (κ2) is 5.48. The maximum Gasteiger partial charge on any atom is 0.281 e. The van der Waals surface area contributed by atoms with Gasteiger partial charge < -0.3 is 5.73 Å². The summed E-state index contributed by atoms with van der Waals surface area (Å²) in [5.41, 5.74) is 6.12. The van der Waals surface area contributed by atoms with E-state index in [9.17, 15) is 8.42 Å². The average Bonchev–Trinajstić information content (AvgIpc) is 2.34. The molecule has 0 unspecified atom stereocenters. The second-order valence-electron chi connectivity index (χ2n) is 3.60. The van der Waals surface area contributed by atoms with Crippen LogP contribution in [0.1, 0.15) is 0 Å². The Hall–Kier alpha value is -1.12. The van der Waals surface area contributed by atoms with Gasteiger partial charge in [0.05, 0.1) is 11.4 Å². The number of hydrogen-bond donors (Lipinski definition) is 2. The molecule has 1 aromatic carbocycles. The largest absolute Gasteiger partial charge is 0.396 e. The quantitative estimate of drug-likeness (QED) is 0.820. The molecule has 0 amide bonds. The van der Waals surface area contributed by atoms with Crippen LogP contribution in [0, 0.1) is 0 Å². The van der Waals surface area contributed by atoms with Crippen molar-refractivity contribution >= 4 is 53.3 Å². The number of nitrogen functional groups attached to an aromatic ring is 1. The SMILES string of the molecule is Nc1cccnc1S(=O)(=O)Nc1c(Br)cccc1Br. The molecule has 5 nitrogen and oxygen atoms in total. The molecule has 0 radical (unpaired) electrons. The summed E-state index contributed by atoms with van der Waals surface area (Å²) in [4.78, 5) is 3.80. The molecule has 19 heavy (non-hydrogen) atoms. The number of anilines is 2. The molecular formula is C11H9Br2N3O2S.